The van der Waals surface area contributed by atoms with Crippen molar-refractivity contribution in [3.8, 4) is 11.5 Å². The molecule has 1 amide bonds. The van der Waals surface area contributed by atoms with Crippen LogP contribution in [0, 0.1) is 0 Å². The third-order valence-electron chi connectivity index (χ3n) is 7.33. The van der Waals surface area contributed by atoms with Gasteiger partial charge in [-0.2, -0.15) is 0 Å². The predicted molar refractivity (Wildman–Crippen MR) is 164 cm³/mol. The smallest absolute Gasteiger partial charge is 0.338 e. The molecule has 0 radical (unpaired) electrons. The van der Waals surface area contributed by atoms with Crippen LogP contribution in [0.2, 0.25) is 5.02 Å². The second kappa shape index (κ2) is 14.6. The van der Waals surface area contributed by atoms with Gasteiger partial charge < -0.3 is 24.2 Å². The van der Waals surface area contributed by atoms with E-state index in [1.54, 1.807) is 30.3 Å². The van der Waals surface area contributed by atoms with Crippen molar-refractivity contribution in [3.63, 3.8) is 0 Å². The summed E-state index contributed by atoms with van der Waals surface area (Å²) in [5, 5.41) is 10.00. The van der Waals surface area contributed by atoms with Gasteiger partial charge in [0, 0.05) is 17.9 Å². The largest absolute Gasteiger partial charge is 0.508 e. The van der Waals surface area contributed by atoms with Crippen LogP contribution in [0.5, 0.6) is 11.5 Å². The molecule has 0 aliphatic carbocycles. The number of carbonyl (C=O) groups is 3. The first-order chi connectivity index (χ1) is 21.4. The van der Waals surface area contributed by atoms with Gasteiger partial charge in [0.05, 0.1) is 12.1 Å². The number of phenols is 1. The molecule has 0 unspecified atom stereocenters. The van der Waals surface area contributed by atoms with Crippen LogP contribution < -0.4 is 4.74 Å². The van der Waals surface area contributed by atoms with Gasteiger partial charge in [-0.3, -0.25) is 4.79 Å². The molecule has 1 fully saturated rings. The summed E-state index contributed by atoms with van der Waals surface area (Å²) in [7, 11) is 0. The van der Waals surface area contributed by atoms with E-state index in [9.17, 15) is 19.5 Å². The maximum atomic E-state index is 13.4. The van der Waals surface area contributed by atoms with Crippen LogP contribution in [0.4, 0.5) is 0 Å². The van der Waals surface area contributed by atoms with Crippen LogP contribution >= 0.6 is 11.6 Å². The van der Waals surface area contributed by atoms with E-state index >= 15 is 0 Å². The van der Waals surface area contributed by atoms with Gasteiger partial charge in [-0.05, 0) is 59.5 Å². The fourth-order valence-electron chi connectivity index (χ4n) is 5.00. The van der Waals surface area contributed by atoms with Gasteiger partial charge in [0.1, 0.15) is 36.9 Å². The average molecular weight is 614 g/mol. The number of halogens is 1. The number of benzene rings is 4. The van der Waals surface area contributed by atoms with Crippen molar-refractivity contribution in [2.24, 2.45) is 0 Å². The molecule has 1 saturated heterocycles. The Morgan fingerprint density at radius 1 is 0.818 bits per heavy atom. The van der Waals surface area contributed by atoms with E-state index in [4.69, 9.17) is 25.8 Å². The number of esters is 2. The maximum absolute atomic E-state index is 13.4. The minimum atomic E-state index is -0.821. The van der Waals surface area contributed by atoms with Crippen LogP contribution in [0.25, 0.3) is 0 Å². The summed E-state index contributed by atoms with van der Waals surface area (Å²) in [4.78, 5) is 40.6. The molecule has 1 N–H and O–H groups in total. The van der Waals surface area contributed by atoms with E-state index in [0.29, 0.717) is 22.8 Å². The van der Waals surface area contributed by atoms with Gasteiger partial charge in [-0.15, -0.1) is 0 Å². The molecule has 0 bridgehead atoms. The van der Waals surface area contributed by atoms with Crippen molar-refractivity contribution in [2.45, 2.75) is 44.6 Å². The first kappa shape index (κ1) is 30.6. The van der Waals surface area contributed by atoms with E-state index in [1.807, 2.05) is 60.7 Å². The van der Waals surface area contributed by atoms with Gasteiger partial charge in [-0.1, -0.05) is 78.3 Å². The Balaban J connectivity index is 1.22. The first-order valence-corrected chi connectivity index (χ1v) is 14.7. The monoisotopic (exact) mass is 613 g/mol. The maximum Gasteiger partial charge on any atom is 0.338 e. The molecular weight excluding hydrogens is 582 g/mol. The van der Waals surface area contributed by atoms with Gasteiger partial charge in [0.25, 0.3) is 0 Å². The molecule has 1 heterocycles. The summed E-state index contributed by atoms with van der Waals surface area (Å²) in [6.07, 6.45) is 0.231. The Morgan fingerprint density at radius 2 is 1.45 bits per heavy atom. The van der Waals surface area contributed by atoms with E-state index < -0.39 is 24.1 Å². The lowest BCUT2D eigenvalue weighted by Gasteiger charge is -2.23. The quantitative estimate of drug-likeness (QED) is 0.203. The van der Waals surface area contributed by atoms with E-state index in [2.05, 4.69) is 0 Å². The van der Waals surface area contributed by atoms with Crippen LogP contribution in [0.15, 0.2) is 103 Å². The molecule has 9 heteroatoms. The number of amides is 1. The fourth-order valence-corrected chi connectivity index (χ4v) is 5.27. The first-order valence-electron chi connectivity index (χ1n) is 14.3. The number of ether oxygens (including phenoxy) is 3. The molecular formula is C35H32ClNO7. The van der Waals surface area contributed by atoms with E-state index in [1.165, 1.54) is 17.0 Å². The number of hydrogen-bond acceptors (Lipinski definition) is 7. The predicted octanol–water partition coefficient (Wildman–Crippen LogP) is 6.13. The van der Waals surface area contributed by atoms with Crippen molar-refractivity contribution in [1.82, 2.24) is 4.90 Å². The number of likely N-dealkylation sites (tertiary alicyclic amines) is 1. The van der Waals surface area contributed by atoms with Crippen molar-refractivity contribution >= 4 is 29.4 Å². The number of rotatable bonds is 11. The van der Waals surface area contributed by atoms with Crippen molar-refractivity contribution in [3.05, 3.63) is 130 Å². The molecule has 8 nitrogen and oxygen atoms in total. The lowest BCUT2D eigenvalue weighted by Crippen LogP contribution is -2.41. The number of aromatic hydroxyl groups is 1. The van der Waals surface area contributed by atoms with Gasteiger partial charge >= 0.3 is 11.9 Å². The van der Waals surface area contributed by atoms with Crippen LogP contribution in [-0.2, 0) is 38.7 Å². The molecule has 0 aromatic heterocycles. The highest BCUT2D eigenvalue weighted by Crippen LogP contribution is 2.27. The summed E-state index contributed by atoms with van der Waals surface area (Å²) in [6.45, 7) is 0.452. The molecule has 4 aromatic carbocycles. The average Bonchev–Trinajstić information content (AvgIpc) is 3.47. The number of carbonyl (C=O) groups excluding carboxylic acids is 3. The minimum absolute atomic E-state index is 0.0444. The van der Waals surface area contributed by atoms with Crippen LogP contribution in [0.1, 0.15) is 39.9 Å². The Morgan fingerprint density at radius 3 is 2.09 bits per heavy atom. The molecule has 1 aliphatic heterocycles. The Kier molecular flexibility index (Phi) is 10.1. The lowest BCUT2D eigenvalue weighted by atomic mass is 10.1. The highest BCUT2D eigenvalue weighted by atomic mass is 35.5. The highest BCUT2D eigenvalue weighted by Gasteiger charge is 2.41. The van der Waals surface area contributed by atoms with Crippen LogP contribution in [-0.4, -0.2) is 46.5 Å². The minimum Gasteiger partial charge on any atom is -0.508 e. The zero-order valence-corrected chi connectivity index (χ0v) is 24.7. The molecule has 0 spiro atoms. The fraction of sp³-hybridized carbons (Fsp3) is 0.229. The summed E-state index contributed by atoms with van der Waals surface area (Å²) >= 11 is 6.23. The molecule has 5 rings (SSSR count). The summed E-state index contributed by atoms with van der Waals surface area (Å²) in [5.74, 6) is -0.655. The summed E-state index contributed by atoms with van der Waals surface area (Å²) < 4.78 is 17.1. The summed E-state index contributed by atoms with van der Waals surface area (Å²) in [5.41, 5.74) is 2.83. The molecule has 0 saturated carbocycles. The third kappa shape index (κ3) is 8.17. The standard InChI is InChI=1S/C35H32ClNO7/c36-31-19-28(38)15-11-26(31)14-18-33(39)37-21-30(20-32(37)35(41)43-23-25-9-5-2-6-10-25)44-29-16-12-27(13-17-29)34(40)42-22-24-7-3-1-4-8-24/h1-13,15-17,19,30,32,38H,14,18,20-23H2/t30-,32-/m0/s1. The Hall–Kier alpha value is -4.82. The zero-order valence-electron chi connectivity index (χ0n) is 23.9. The van der Waals surface area contributed by atoms with E-state index in [-0.39, 0.29) is 44.3 Å². The normalized spacial score (nSPS) is 15.9. The second-order valence-corrected chi connectivity index (χ2v) is 10.9. The van der Waals surface area contributed by atoms with E-state index in [0.717, 1.165) is 16.7 Å². The number of phenolic OH excluding ortho intramolecular Hbond substituents is 1. The molecule has 4 aromatic rings. The lowest BCUT2D eigenvalue weighted by molar-refractivity contribution is -0.154. The second-order valence-electron chi connectivity index (χ2n) is 10.5. The topological polar surface area (TPSA) is 102 Å². The number of aryl methyl sites for hydroxylation is 1. The number of nitrogens with zero attached hydrogens (tertiary/aromatic N) is 1. The van der Waals surface area contributed by atoms with Gasteiger partial charge in [0.2, 0.25) is 5.91 Å². The molecule has 226 valence electrons. The molecule has 1 aliphatic rings. The Bertz CT molecular complexity index is 1580. The van der Waals surface area contributed by atoms with Crippen molar-refractivity contribution < 1.29 is 33.7 Å². The molecule has 2 atom stereocenters. The van der Waals surface area contributed by atoms with Crippen molar-refractivity contribution in [2.75, 3.05) is 6.54 Å². The highest BCUT2D eigenvalue weighted by molar-refractivity contribution is 6.31. The zero-order chi connectivity index (χ0) is 30.9. The van der Waals surface area contributed by atoms with Crippen molar-refractivity contribution in [1.29, 1.82) is 0 Å². The number of hydrogen-bond donors (Lipinski definition) is 1. The van der Waals surface area contributed by atoms with Crippen LogP contribution in [0.3, 0.4) is 0 Å². The van der Waals surface area contributed by atoms with Gasteiger partial charge in [-0.25, -0.2) is 9.59 Å². The third-order valence-corrected chi connectivity index (χ3v) is 7.68. The molecule has 44 heavy (non-hydrogen) atoms. The summed E-state index contributed by atoms with van der Waals surface area (Å²) in [6, 6.07) is 29.1. The SMILES string of the molecule is O=C(OCc1ccccc1)c1ccc(O[C@H]2C[C@@H](C(=O)OCc3ccccc3)N(C(=O)CCc3ccc(O)cc3Cl)C2)cc1. The Labute approximate surface area is 260 Å². The van der Waals surface area contributed by atoms with Gasteiger partial charge in [0.15, 0.2) is 0 Å².